The molecule has 0 unspecified atom stereocenters. The van der Waals surface area contributed by atoms with Crippen LogP contribution < -0.4 is 5.73 Å². The second-order valence-electron chi connectivity index (χ2n) is 4.50. The van der Waals surface area contributed by atoms with E-state index in [1.165, 1.54) is 0 Å². The zero-order valence-corrected chi connectivity index (χ0v) is 10.4. The standard InChI is InChI=1S/C14H17N3/c1-9(2)13-8-16-10(3)17-14(13)11-5-4-6-12(15)7-11/h4-9H,15H2,1-3H3. The number of anilines is 1. The summed E-state index contributed by atoms with van der Waals surface area (Å²) in [7, 11) is 0. The van der Waals surface area contributed by atoms with Crippen LogP contribution >= 0.6 is 0 Å². The number of nitrogens with two attached hydrogens (primary N) is 1. The van der Waals surface area contributed by atoms with Gasteiger partial charge in [-0.15, -0.1) is 0 Å². The molecule has 0 radical (unpaired) electrons. The van der Waals surface area contributed by atoms with Gasteiger partial charge in [0.1, 0.15) is 5.82 Å². The van der Waals surface area contributed by atoms with E-state index in [0.29, 0.717) is 5.92 Å². The molecule has 0 fully saturated rings. The molecule has 2 N–H and O–H groups in total. The van der Waals surface area contributed by atoms with Gasteiger partial charge in [-0.25, -0.2) is 9.97 Å². The fraction of sp³-hybridized carbons (Fsp3) is 0.286. The molecule has 2 aromatic rings. The fourth-order valence-electron chi connectivity index (χ4n) is 1.82. The van der Waals surface area contributed by atoms with Crippen molar-refractivity contribution in [2.45, 2.75) is 26.7 Å². The maximum Gasteiger partial charge on any atom is 0.125 e. The number of hydrogen-bond donors (Lipinski definition) is 1. The molecule has 0 spiro atoms. The van der Waals surface area contributed by atoms with Crippen molar-refractivity contribution in [1.82, 2.24) is 9.97 Å². The first kappa shape index (κ1) is 11.6. The van der Waals surface area contributed by atoms with Crippen molar-refractivity contribution in [2.24, 2.45) is 0 Å². The van der Waals surface area contributed by atoms with Gasteiger partial charge >= 0.3 is 0 Å². The zero-order chi connectivity index (χ0) is 12.4. The largest absolute Gasteiger partial charge is 0.399 e. The lowest BCUT2D eigenvalue weighted by Crippen LogP contribution is -2.00. The van der Waals surface area contributed by atoms with E-state index in [9.17, 15) is 0 Å². The van der Waals surface area contributed by atoms with Crippen LogP contribution in [0.1, 0.15) is 31.2 Å². The van der Waals surface area contributed by atoms with Crippen LogP contribution in [0.5, 0.6) is 0 Å². The summed E-state index contributed by atoms with van der Waals surface area (Å²) in [6.45, 7) is 6.19. The summed E-state index contributed by atoms with van der Waals surface area (Å²) in [6.07, 6.45) is 1.91. The van der Waals surface area contributed by atoms with Crippen molar-refractivity contribution in [3.05, 3.63) is 41.9 Å². The molecule has 1 aromatic carbocycles. The van der Waals surface area contributed by atoms with E-state index in [1.54, 1.807) is 0 Å². The Morgan fingerprint density at radius 1 is 1.24 bits per heavy atom. The number of nitrogens with zero attached hydrogens (tertiary/aromatic N) is 2. The van der Waals surface area contributed by atoms with Gasteiger partial charge in [0.25, 0.3) is 0 Å². The van der Waals surface area contributed by atoms with Crippen LogP contribution in [0.25, 0.3) is 11.3 Å². The van der Waals surface area contributed by atoms with Crippen LogP contribution in [-0.2, 0) is 0 Å². The fourth-order valence-corrected chi connectivity index (χ4v) is 1.82. The van der Waals surface area contributed by atoms with Gasteiger partial charge in [-0.3, -0.25) is 0 Å². The lowest BCUT2D eigenvalue weighted by molar-refractivity contribution is 0.842. The lowest BCUT2D eigenvalue weighted by Gasteiger charge is -2.12. The third-order valence-corrected chi connectivity index (χ3v) is 2.72. The maximum absolute atomic E-state index is 5.82. The van der Waals surface area contributed by atoms with E-state index >= 15 is 0 Å². The number of nitrogen functional groups attached to an aromatic ring is 1. The minimum absolute atomic E-state index is 0.395. The minimum Gasteiger partial charge on any atom is -0.399 e. The average molecular weight is 227 g/mol. The molecule has 1 heterocycles. The first-order valence-electron chi connectivity index (χ1n) is 5.77. The second kappa shape index (κ2) is 4.53. The molecule has 0 aliphatic rings. The van der Waals surface area contributed by atoms with E-state index in [-0.39, 0.29) is 0 Å². The number of rotatable bonds is 2. The molecule has 0 aliphatic heterocycles. The Hall–Kier alpha value is -1.90. The maximum atomic E-state index is 5.82. The highest BCUT2D eigenvalue weighted by Crippen LogP contribution is 2.27. The zero-order valence-electron chi connectivity index (χ0n) is 10.4. The molecule has 17 heavy (non-hydrogen) atoms. The van der Waals surface area contributed by atoms with Crippen molar-refractivity contribution in [3.63, 3.8) is 0 Å². The number of hydrogen-bond acceptors (Lipinski definition) is 3. The van der Waals surface area contributed by atoms with E-state index < -0.39 is 0 Å². The van der Waals surface area contributed by atoms with Gasteiger partial charge < -0.3 is 5.73 Å². The molecule has 1 aromatic heterocycles. The highest BCUT2D eigenvalue weighted by Gasteiger charge is 2.11. The summed E-state index contributed by atoms with van der Waals surface area (Å²) < 4.78 is 0. The van der Waals surface area contributed by atoms with Crippen molar-refractivity contribution in [1.29, 1.82) is 0 Å². The molecule has 2 rings (SSSR count). The topological polar surface area (TPSA) is 51.8 Å². The summed E-state index contributed by atoms with van der Waals surface area (Å²) in [6, 6.07) is 7.82. The van der Waals surface area contributed by atoms with Crippen LogP contribution in [0.15, 0.2) is 30.5 Å². The molecule has 0 bridgehead atoms. The van der Waals surface area contributed by atoms with Gasteiger partial charge in [0.05, 0.1) is 5.69 Å². The number of aryl methyl sites for hydroxylation is 1. The van der Waals surface area contributed by atoms with Crippen LogP contribution in [0.3, 0.4) is 0 Å². The van der Waals surface area contributed by atoms with Gasteiger partial charge in [-0.05, 0) is 30.5 Å². The van der Waals surface area contributed by atoms with E-state index in [4.69, 9.17) is 5.73 Å². The predicted octanol–water partition coefficient (Wildman–Crippen LogP) is 3.16. The van der Waals surface area contributed by atoms with Crippen LogP contribution in [0.2, 0.25) is 0 Å². The Morgan fingerprint density at radius 3 is 2.65 bits per heavy atom. The highest BCUT2D eigenvalue weighted by atomic mass is 14.9. The van der Waals surface area contributed by atoms with Gasteiger partial charge in [0.15, 0.2) is 0 Å². The van der Waals surface area contributed by atoms with Gasteiger partial charge in [-0.2, -0.15) is 0 Å². The molecule has 0 atom stereocenters. The van der Waals surface area contributed by atoms with Crippen molar-refractivity contribution in [3.8, 4) is 11.3 Å². The Morgan fingerprint density at radius 2 is 2.00 bits per heavy atom. The third-order valence-electron chi connectivity index (χ3n) is 2.72. The highest BCUT2D eigenvalue weighted by molar-refractivity contribution is 5.67. The number of aromatic nitrogens is 2. The summed E-state index contributed by atoms with van der Waals surface area (Å²) in [5.74, 6) is 1.18. The molecule has 0 saturated heterocycles. The number of benzene rings is 1. The smallest absolute Gasteiger partial charge is 0.125 e. The molecule has 88 valence electrons. The average Bonchev–Trinajstić information content (AvgIpc) is 2.28. The third kappa shape index (κ3) is 2.44. The van der Waals surface area contributed by atoms with Crippen molar-refractivity contribution >= 4 is 5.69 Å². The van der Waals surface area contributed by atoms with E-state index in [1.807, 2.05) is 37.4 Å². The molecule has 0 aliphatic carbocycles. The summed E-state index contributed by atoms with van der Waals surface area (Å²) in [5, 5.41) is 0. The quantitative estimate of drug-likeness (QED) is 0.802. The van der Waals surface area contributed by atoms with Crippen LogP contribution in [-0.4, -0.2) is 9.97 Å². The second-order valence-corrected chi connectivity index (χ2v) is 4.50. The molecular formula is C14H17N3. The Kier molecular flexibility index (Phi) is 3.09. The van der Waals surface area contributed by atoms with E-state index in [2.05, 4.69) is 23.8 Å². The monoisotopic (exact) mass is 227 g/mol. The molecule has 3 nitrogen and oxygen atoms in total. The first-order chi connectivity index (χ1) is 8.08. The van der Waals surface area contributed by atoms with Crippen LogP contribution in [0, 0.1) is 6.92 Å². The Bertz CT molecular complexity index is 533. The summed E-state index contributed by atoms with van der Waals surface area (Å²) in [5.41, 5.74) is 9.77. The van der Waals surface area contributed by atoms with Gasteiger partial charge in [0.2, 0.25) is 0 Å². The minimum atomic E-state index is 0.395. The van der Waals surface area contributed by atoms with Crippen LogP contribution in [0.4, 0.5) is 5.69 Å². The lowest BCUT2D eigenvalue weighted by atomic mass is 9.98. The predicted molar refractivity (Wildman–Crippen MR) is 70.7 cm³/mol. The summed E-state index contributed by atoms with van der Waals surface area (Å²) in [4.78, 5) is 8.81. The molecule has 0 saturated carbocycles. The molecular weight excluding hydrogens is 210 g/mol. The molecule has 0 amide bonds. The van der Waals surface area contributed by atoms with Crippen molar-refractivity contribution < 1.29 is 0 Å². The first-order valence-corrected chi connectivity index (χ1v) is 5.77. The van der Waals surface area contributed by atoms with E-state index in [0.717, 1.165) is 28.3 Å². The van der Waals surface area contributed by atoms with Gasteiger partial charge in [0, 0.05) is 17.4 Å². The molecule has 3 heteroatoms. The van der Waals surface area contributed by atoms with Crippen molar-refractivity contribution in [2.75, 3.05) is 5.73 Å². The van der Waals surface area contributed by atoms with Gasteiger partial charge in [-0.1, -0.05) is 26.0 Å². The Balaban J connectivity index is 2.61. The SMILES string of the molecule is Cc1ncc(C(C)C)c(-c2cccc(N)c2)n1. The normalized spacial score (nSPS) is 10.8. The summed E-state index contributed by atoms with van der Waals surface area (Å²) >= 11 is 0. The Labute approximate surface area is 102 Å².